The maximum Gasteiger partial charge on any atom is 0.193 e. The fourth-order valence-corrected chi connectivity index (χ4v) is 2.86. The van der Waals surface area contributed by atoms with E-state index in [0.29, 0.717) is 24.0 Å². The monoisotopic (exact) mass is 330 g/mol. The standard InChI is InChI=1S/C21H24F2O/c1-3-5-7-15-13-17(22)9-11-19(15)21(24)20-12-10-18(23)14-16(20)8-6-4-2/h9-14H,3-8H2,1-2H3. The van der Waals surface area contributed by atoms with Gasteiger partial charge in [-0.15, -0.1) is 0 Å². The first-order valence-corrected chi connectivity index (χ1v) is 8.68. The summed E-state index contributed by atoms with van der Waals surface area (Å²) < 4.78 is 27.2. The average molecular weight is 330 g/mol. The second-order valence-corrected chi connectivity index (χ2v) is 6.14. The van der Waals surface area contributed by atoms with Gasteiger partial charge < -0.3 is 0 Å². The van der Waals surface area contributed by atoms with Crippen LogP contribution in [0.2, 0.25) is 0 Å². The lowest BCUT2D eigenvalue weighted by molar-refractivity contribution is 0.103. The number of hydrogen-bond acceptors (Lipinski definition) is 1. The van der Waals surface area contributed by atoms with E-state index in [1.807, 2.05) is 0 Å². The van der Waals surface area contributed by atoms with Crippen LogP contribution in [0.4, 0.5) is 8.78 Å². The van der Waals surface area contributed by atoms with E-state index in [-0.39, 0.29) is 17.4 Å². The van der Waals surface area contributed by atoms with Gasteiger partial charge in [0.05, 0.1) is 0 Å². The molecule has 0 amide bonds. The third-order valence-electron chi connectivity index (χ3n) is 4.22. The predicted octanol–water partition coefficient (Wildman–Crippen LogP) is 5.88. The molecule has 2 aromatic carbocycles. The molecule has 0 bridgehead atoms. The summed E-state index contributed by atoms with van der Waals surface area (Å²) in [5.74, 6) is -0.807. The first kappa shape index (κ1) is 18.3. The molecule has 2 rings (SSSR count). The second-order valence-electron chi connectivity index (χ2n) is 6.14. The van der Waals surface area contributed by atoms with E-state index in [4.69, 9.17) is 0 Å². The summed E-state index contributed by atoms with van der Waals surface area (Å²) in [7, 11) is 0. The van der Waals surface area contributed by atoms with E-state index in [0.717, 1.165) is 36.8 Å². The van der Waals surface area contributed by atoms with Crippen LogP contribution in [0.5, 0.6) is 0 Å². The first-order chi connectivity index (χ1) is 11.6. The highest BCUT2D eigenvalue weighted by Crippen LogP contribution is 2.22. The molecular weight excluding hydrogens is 306 g/mol. The van der Waals surface area contributed by atoms with Crippen LogP contribution in [-0.4, -0.2) is 5.78 Å². The smallest absolute Gasteiger partial charge is 0.193 e. The zero-order valence-corrected chi connectivity index (χ0v) is 14.4. The van der Waals surface area contributed by atoms with Gasteiger partial charge in [-0.05, 0) is 73.2 Å². The summed E-state index contributed by atoms with van der Waals surface area (Å²) in [6.07, 6.45) is 5.08. The van der Waals surface area contributed by atoms with Crippen molar-refractivity contribution in [3.05, 3.63) is 70.3 Å². The normalized spacial score (nSPS) is 10.8. The molecule has 0 atom stereocenters. The van der Waals surface area contributed by atoms with Gasteiger partial charge in [0.15, 0.2) is 5.78 Å². The van der Waals surface area contributed by atoms with Crippen molar-refractivity contribution in [3.63, 3.8) is 0 Å². The highest BCUT2D eigenvalue weighted by atomic mass is 19.1. The Morgan fingerprint density at radius 3 is 1.58 bits per heavy atom. The quantitative estimate of drug-likeness (QED) is 0.552. The molecule has 0 spiro atoms. The number of ketones is 1. The Hall–Kier alpha value is -2.03. The molecule has 0 saturated heterocycles. The fraction of sp³-hybridized carbons (Fsp3) is 0.381. The Bertz CT molecular complexity index is 647. The van der Waals surface area contributed by atoms with Crippen LogP contribution in [0.1, 0.15) is 66.6 Å². The SMILES string of the molecule is CCCCc1cc(F)ccc1C(=O)c1ccc(F)cc1CCCC. The second kappa shape index (κ2) is 8.72. The Kier molecular flexibility index (Phi) is 6.65. The van der Waals surface area contributed by atoms with Crippen molar-refractivity contribution in [2.45, 2.75) is 52.4 Å². The van der Waals surface area contributed by atoms with Gasteiger partial charge in [0.1, 0.15) is 11.6 Å². The molecule has 0 radical (unpaired) electrons. The minimum absolute atomic E-state index is 0.146. The number of unbranched alkanes of at least 4 members (excludes halogenated alkanes) is 2. The van der Waals surface area contributed by atoms with Gasteiger partial charge in [-0.3, -0.25) is 4.79 Å². The number of carbonyl (C=O) groups excluding carboxylic acids is 1. The van der Waals surface area contributed by atoms with Crippen molar-refractivity contribution < 1.29 is 13.6 Å². The first-order valence-electron chi connectivity index (χ1n) is 8.68. The summed E-state index contributed by atoms with van der Waals surface area (Å²) >= 11 is 0. The summed E-state index contributed by atoms with van der Waals surface area (Å²) in [4.78, 5) is 13.0. The number of aryl methyl sites for hydroxylation is 2. The van der Waals surface area contributed by atoms with Gasteiger partial charge in [0, 0.05) is 11.1 Å². The molecule has 0 aliphatic rings. The van der Waals surface area contributed by atoms with Crippen LogP contribution < -0.4 is 0 Å². The Balaban J connectivity index is 2.41. The van der Waals surface area contributed by atoms with Crippen molar-refractivity contribution in [2.24, 2.45) is 0 Å². The lowest BCUT2D eigenvalue weighted by atomic mass is 9.91. The zero-order chi connectivity index (χ0) is 17.5. The molecule has 3 heteroatoms. The van der Waals surface area contributed by atoms with Crippen LogP contribution in [0.15, 0.2) is 36.4 Å². The van der Waals surface area contributed by atoms with Crippen LogP contribution in [0.25, 0.3) is 0 Å². The molecule has 0 unspecified atom stereocenters. The lowest BCUT2D eigenvalue weighted by Crippen LogP contribution is -2.10. The molecule has 24 heavy (non-hydrogen) atoms. The number of benzene rings is 2. The third-order valence-corrected chi connectivity index (χ3v) is 4.22. The zero-order valence-electron chi connectivity index (χ0n) is 14.4. The predicted molar refractivity (Wildman–Crippen MR) is 93.5 cm³/mol. The largest absolute Gasteiger partial charge is 0.289 e. The fourth-order valence-electron chi connectivity index (χ4n) is 2.86. The maximum absolute atomic E-state index is 13.6. The topological polar surface area (TPSA) is 17.1 Å². The van der Waals surface area contributed by atoms with Crippen molar-refractivity contribution in [1.82, 2.24) is 0 Å². The van der Waals surface area contributed by atoms with E-state index >= 15 is 0 Å². The number of carbonyl (C=O) groups is 1. The molecule has 0 fully saturated rings. The maximum atomic E-state index is 13.6. The van der Waals surface area contributed by atoms with E-state index in [2.05, 4.69) is 13.8 Å². The molecule has 0 aromatic heterocycles. The van der Waals surface area contributed by atoms with E-state index in [1.165, 1.54) is 24.3 Å². The number of halogens is 2. The van der Waals surface area contributed by atoms with Crippen molar-refractivity contribution >= 4 is 5.78 Å². The summed E-state index contributed by atoms with van der Waals surface area (Å²) in [6.45, 7) is 4.12. The Morgan fingerprint density at radius 1 is 0.792 bits per heavy atom. The molecular formula is C21H24F2O. The average Bonchev–Trinajstić information content (AvgIpc) is 2.57. The van der Waals surface area contributed by atoms with Crippen molar-refractivity contribution in [3.8, 4) is 0 Å². The molecule has 0 heterocycles. The molecule has 0 saturated carbocycles. The van der Waals surface area contributed by atoms with Gasteiger partial charge in [-0.2, -0.15) is 0 Å². The van der Waals surface area contributed by atoms with Gasteiger partial charge in [-0.25, -0.2) is 8.78 Å². The minimum Gasteiger partial charge on any atom is -0.289 e. The van der Waals surface area contributed by atoms with Gasteiger partial charge in [0.25, 0.3) is 0 Å². The highest BCUT2D eigenvalue weighted by molar-refractivity contribution is 6.10. The molecule has 0 N–H and O–H groups in total. The summed E-state index contributed by atoms with van der Waals surface area (Å²) in [5.41, 5.74) is 2.50. The van der Waals surface area contributed by atoms with E-state index in [1.54, 1.807) is 12.1 Å². The van der Waals surface area contributed by atoms with Crippen LogP contribution in [-0.2, 0) is 12.8 Å². The van der Waals surface area contributed by atoms with Gasteiger partial charge in [0.2, 0.25) is 0 Å². The molecule has 0 aliphatic heterocycles. The Morgan fingerprint density at radius 2 is 1.21 bits per heavy atom. The molecule has 1 nitrogen and oxygen atoms in total. The Labute approximate surface area is 142 Å². The molecule has 0 aliphatic carbocycles. The van der Waals surface area contributed by atoms with Crippen molar-refractivity contribution in [2.75, 3.05) is 0 Å². The highest BCUT2D eigenvalue weighted by Gasteiger charge is 2.18. The molecule has 2 aromatic rings. The van der Waals surface area contributed by atoms with E-state index < -0.39 is 0 Å². The summed E-state index contributed by atoms with van der Waals surface area (Å²) in [6, 6.07) is 8.62. The van der Waals surface area contributed by atoms with Crippen LogP contribution in [0.3, 0.4) is 0 Å². The number of hydrogen-bond donors (Lipinski definition) is 0. The van der Waals surface area contributed by atoms with Gasteiger partial charge >= 0.3 is 0 Å². The van der Waals surface area contributed by atoms with Crippen LogP contribution in [0, 0.1) is 11.6 Å². The lowest BCUT2D eigenvalue weighted by Gasteiger charge is -2.12. The summed E-state index contributed by atoms with van der Waals surface area (Å²) in [5, 5.41) is 0. The minimum atomic E-state index is -0.331. The van der Waals surface area contributed by atoms with E-state index in [9.17, 15) is 13.6 Å². The van der Waals surface area contributed by atoms with Crippen LogP contribution >= 0.6 is 0 Å². The molecule has 128 valence electrons. The van der Waals surface area contributed by atoms with Crippen molar-refractivity contribution in [1.29, 1.82) is 0 Å². The number of rotatable bonds is 8. The third kappa shape index (κ3) is 4.50. The van der Waals surface area contributed by atoms with Gasteiger partial charge in [-0.1, -0.05) is 26.7 Å².